The molecule has 0 bridgehead atoms. The van der Waals surface area contributed by atoms with Crippen molar-refractivity contribution in [2.45, 2.75) is 12.8 Å². The highest BCUT2D eigenvalue weighted by Gasteiger charge is 2.06. The zero-order valence-electron chi connectivity index (χ0n) is 14.1. The highest BCUT2D eigenvalue weighted by atomic mass is 127. The van der Waals surface area contributed by atoms with Crippen molar-refractivity contribution in [3.8, 4) is 5.75 Å². The second-order valence-electron chi connectivity index (χ2n) is 5.93. The van der Waals surface area contributed by atoms with Gasteiger partial charge in [0.25, 0.3) is 0 Å². The van der Waals surface area contributed by atoms with Crippen LogP contribution in [0.4, 0.5) is 0 Å². The number of nitrogens with two attached hydrogens (primary N) is 1. The lowest BCUT2D eigenvalue weighted by molar-refractivity contribution is 0.408. The third-order valence-corrected chi connectivity index (χ3v) is 4.50. The molecular weight excluding hydrogens is 421 g/mol. The molecule has 0 amide bonds. The highest BCUT2D eigenvalue weighted by Crippen LogP contribution is 2.31. The molecule has 0 aliphatic heterocycles. The minimum Gasteiger partial charge on any atom is -0.482 e. The Hall–Kier alpha value is -1.85. The van der Waals surface area contributed by atoms with E-state index in [0.717, 1.165) is 36.1 Å². The Labute approximate surface area is 162 Å². The molecule has 2 nitrogen and oxygen atoms in total. The van der Waals surface area contributed by atoms with Gasteiger partial charge in [0.05, 0.1) is 0 Å². The van der Waals surface area contributed by atoms with Crippen LogP contribution in [0.15, 0.2) is 60.7 Å². The van der Waals surface area contributed by atoms with E-state index in [1.165, 1.54) is 16.5 Å². The van der Waals surface area contributed by atoms with Crippen molar-refractivity contribution >= 4 is 45.5 Å². The van der Waals surface area contributed by atoms with Crippen LogP contribution in [0.5, 0.6) is 5.75 Å². The zero-order chi connectivity index (χ0) is 17.5. The smallest absolute Gasteiger partial charge is 0.139 e. The molecule has 0 unspecified atom stereocenters. The van der Waals surface area contributed by atoms with E-state index in [9.17, 15) is 0 Å². The molecule has 0 spiro atoms. The molecule has 3 heteroatoms. The SMILES string of the molecule is NCCCc1cccc(C=Cc2ccc3ccccc3c2OCI)c1. The summed E-state index contributed by atoms with van der Waals surface area (Å²) in [7, 11) is 0. The topological polar surface area (TPSA) is 35.2 Å². The van der Waals surface area contributed by atoms with Crippen LogP contribution in [0.3, 0.4) is 0 Å². The Morgan fingerprint density at radius 3 is 2.68 bits per heavy atom. The number of hydrogen-bond donors (Lipinski definition) is 1. The molecule has 3 rings (SSSR count). The summed E-state index contributed by atoms with van der Waals surface area (Å²) in [6, 6.07) is 21.2. The van der Waals surface area contributed by atoms with Gasteiger partial charge in [0.1, 0.15) is 10.4 Å². The number of hydrogen-bond acceptors (Lipinski definition) is 2. The van der Waals surface area contributed by atoms with Crippen LogP contribution in [-0.4, -0.2) is 11.2 Å². The van der Waals surface area contributed by atoms with Gasteiger partial charge >= 0.3 is 0 Å². The van der Waals surface area contributed by atoms with Crippen LogP contribution in [-0.2, 0) is 6.42 Å². The zero-order valence-corrected chi connectivity index (χ0v) is 16.3. The minimum atomic E-state index is 0.626. The lowest BCUT2D eigenvalue weighted by Gasteiger charge is -2.10. The van der Waals surface area contributed by atoms with Crippen LogP contribution in [0.25, 0.3) is 22.9 Å². The summed E-state index contributed by atoms with van der Waals surface area (Å²) in [6.07, 6.45) is 6.33. The van der Waals surface area contributed by atoms with Gasteiger partial charge in [-0.05, 0) is 58.5 Å². The first-order chi connectivity index (χ1) is 12.3. The van der Waals surface area contributed by atoms with Gasteiger partial charge in [-0.1, -0.05) is 72.8 Å². The summed E-state index contributed by atoms with van der Waals surface area (Å²) in [5, 5.41) is 2.35. The molecule has 128 valence electrons. The Bertz CT molecular complexity index is 873. The number of benzene rings is 3. The number of aryl methyl sites for hydroxylation is 1. The Morgan fingerprint density at radius 2 is 1.84 bits per heavy atom. The molecule has 0 radical (unpaired) electrons. The van der Waals surface area contributed by atoms with E-state index in [1.807, 2.05) is 0 Å². The summed E-state index contributed by atoms with van der Waals surface area (Å²) >= 11 is 2.24. The number of halogens is 1. The second-order valence-corrected chi connectivity index (χ2v) is 6.55. The van der Waals surface area contributed by atoms with Gasteiger partial charge in [0, 0.05) is 10.9 Å². The van der Waals surface area contributed by atoms with Crippen LogP contribution in [0.2, 0.25) is 0 Å². The molecule has 3 aromatic rings. The standard InChI is InChI=1S/C22H22INO/c23-16-25-22-20(13-12-19-8-1-2-9-21(19)22)11-10-18-6-3-5-17(15-18)7-4-14-24/h1-3,5-6,8-13,15H,4,7,14,16,24H2. The van der Waals surface area contributed by atoms with E-state index in [0.29, 0.717) is 4.61 Å². The molecular formula is C22H22INO. The average Bonchev–Trinajstić information content (AvgIpc) is 2.66. The average molecular weight is 443 g/mol. The minimum absolute atomic E-state index is 0.626. The van der Waals surface area contributed by atoms with E-state index in [2.05, 4.69) is 95.4 Å². The summed E-state index contributed by atoms with van der Waals surface area (Å²) < 4.78 is 6.56. The van der Waals surface area contributed by atoms with Gasteiger partial charge in [0.2, 0.25) is 0 Å². The Balaban J connectivity index is 1.92. The largest absolute Gasteiger partial charge is 0.482 e. The number of ether oxygens (including phenoxy) is 1. The molecule has 3 aromatic carbocycles. The Morgan fingerprint density at radius 1 is 0.960 bits per heavy atom. The monoisotopic (exact) mass is 443 g/mol. The fourth-order valence-electron chi connectivity index (χ4n) is 2.95. The van der Waals surface area contributed by atoms with Gasteiger partial charge in [-0.2, -0.15) is 0 Å². The first-order valence-electron chi connectivity index (χ1n) is 8.49. The molecule has 2 N–H and O–H groups in total. The summed E-state index contributed by atoms with van der Waals surface area (Å²) in [5.74, 6) is 0.947. The molecule has 0 atom stereocenters. The maximum atomic E-state index is 5.94. The predicted molar refractivity (Wildman–Crippen MR) is 116 cm³/mol. The maximum Gasteiger partial charge on any atom is 0.139 e. The fourth-order valence-corrected chi connectivity index (χ4v) is 3.26. The molecule has 0 fully saturated rings. The molecule has 0 heterocycles. The second kappa shape index (κ2) is 9.02. The number of rotatable bonds is 7. The molecule has 0 aliphatic carbocycles. The van der Waals surface area contributed by atoms with E-state index in [-0.39, 0.29) is 0 Å². The summed E-state index contributed by atoms with van der Waals surface area (Å²) in [5.41, 5.74) is 9.24. The van der Waals surface area contributed by atoms with Crippen LogP contribution in [0, 0.1) is 0 Å². The van der Waals surface area contributed by atoms with Crippen molar-refractivity contribution in [3.05, 3.63) is 77.4 Å². The number of alkyl halides is 1. The van der Waals surface area contributed by atoms with Crippen molar-refractivity contribution < 1.29 is 4.74 Å². The van der Waals surface area contributed by atoms with Crippen LogP contribution < -0.4 is 10.5 Å². The summed E-state index contributed by atoms with van der Waals surface area (Å²) in [6.45, 7) is 0.730. The fraction of sp³-hybridized carbons (Fsp3) is 0.182. The third kappa shape index (κ3) is 4.61. The number of fused-ring (bicyclic) bond motifs is 1. The first-order valence-corrected chi connectivity index (χ1v) is 10.0. The first kappa shape index (κ1) is 18.0. The quantitative estimate of drug-likeness (QED) is 0.290. The van der Waals surface area contributed by atoms with E-state index >= 15 is 0 Å². The maximum absolute atomic E-state index is 5.94. The van der Waals surface area contributed by atoms with Gasteiger partial charge in [-0.15, -0.1) is 0 Å². The van der Waals surface area contributed by atoms with Crippen LogP contribution in [0.1, 0.15) is 23.1 Å². The lowest BCUT2D eigenvalue weighted by atomic mass is 10.0. The normalized spacial score (nSPS) is 11.3. The van der Waals surface area contributed by atoms with E-state index in [4.69, 9.17) is 10.5 Å². The molecule has 0 saturated heterocycles. The molecule has 0 saturated carbocycles. The van der Waals surface area contributed by atoms with Crippen molar-refractivity contribution in [1.29, 1.82) is 0 Å². The van der Waals surface area contributed by atoms with Gasteiger partial charge in [-0.25, -0.2) is 0 Å². The molecule has 0 aromatic heterocycles. The predicted octanol–water partition coefficient (Wildman–Crippen LogP) is 5.67. The lowest BCUT2D eigenvalue weighted by Crippen LogP contribution is -2.00. The van der Waals surface area contributed by atoms with E-state index in [1.54, 1.807) is 0 Å². The van der Waals surface area contributed by atoms with Crippen molar-refractivity contribution in [1.82, 2.24) is 0 Å². The van der Waals surface area contributed by atoms with Gasteiger partial charge < -0.3 is 10.5 Å². The Kier molecular flexibility index (Phi) is 6.48. The van der Waals surface area contributed by atoms with Crippen LogP contribution >= 0.6 is 22.6 Å². The third-order valence-electron chi connectivity index (χ3n) is 4.18. The highest BCUT2D eigenvalue weighted by molar-refractivity contribution is 14.1. The summed E-state index contributed by atoms with van der Waals surface area (Å²) in [4.78, 5) is 0. The van der Waals surface area contributed by atoms with Crippen molar-refractivity contribution in [3.63, 3.8) is 0 Å². The molecule has 25 heavy (non-hydrogen) atoms. The van der Waals surface area contributed by atoms with Crippen molar-refractivity contribution in [2.24, 2.45) is 5.73 Å². The molecule has 0 aliphatic rings. The van der Waals surface area contributed by atoms with E-state index < -0.39 is 0 Å². The van der Waals surface area contributed by atoms with Crippen molar-refractivity contribution in [2.75, 3.05) is 11.2 Å². The van der Waals surface area contributed by atoms with Gasteiger partial charge in [-0.3, -0.25) is 0 Å². The van der Waals surface area contributed by atoms with Gasteiger partial charge in [0.15, 0.2) is 0 Å².